The third-order valence-corrected chi connectivity index (χ3v) is 5.72. The lowest BCUT2D eigenvalue weighted by molar-refractivity contribution is -0.133. The van der Waals surface area contributed by atoms with E-state index >= 15 is 0 Å². The molecule has 0 unspecified atom stereocenters. The van der Waals surface area contributed by atoms with Crippen molar-refractivity contribution in [3.63, 3.8) is 0 Å². The molecule has 4 rings (SSSR count). The maximum atomic E-state index is 12.5. The zero-order valence-electron chi connectivity index (χ0n) is 19.8. The quantitative estimate of drug-likeness (QED) is 0.478. The summed E-state index contributed by atoms with van der Waals surface area (Å²) in [6.45, 7) is 1.32. The zero-order valence-corrected chi connectivity index (χ0v) is 19.8. The molecule has 0 aromatic heterocycles. The number of carbonyl (C=O) groups is 2. The van der Waals surface area contributed by atoms with Crippen LogP contribution in [0.2, 0.25) is 0 Å². The minimum Gasteiger partial charge on any atom is -0.493 e. The first-order valence-corrected chi connectivity index (χ1v) is 11.7. The van der Waals surface area contributed by atoms with Crippen LogP contribution in [0.1, 0.15) is 36.0 Å². The van der Waals surface area contributed by atoms with Crippen molar-refractivity contribution in [1.82, 2.24) is 10.3 Å². The monoisotopic (exact) mass is 471 g/mol. The summed E-state index contributed by atoms with van der Waals surface area (Å²) in [6.07, 6.45) is 0.947. The van der Waals surface area contributed by atoms with Crippen molar-refractivity contribution in [3.05, 3.63) is 95.6 Å². The van der Waals surface area contributed by atoms with Gasteiger partial charge in [-0.1, -0.05) is 66.7 Å². The average Bonchev–Trinajstić information content (AvgIpc) is 3.41. The Morgan fingerprint density at radius 1 is 0.914 bits per heavy atom. The highest BCUT2D eigenvalue weighted by atomic mass is 16.5. The van der Waals surface area contributed by atoms with Gasteiger partial charge in [-0.15, -0.1) is 0 Å². The molecule has 1 aliphatic rings. The molecule has 35 heavy (non-hydrogen) atoms. The number of nitrogens with zero attached hydrogens (tertiary/aromatic N) is 2. The maximum Gasteiger partial charge on any atom is 0.243 e. The fourth-order valence-electron chi connectivity index (χ4n) is 3.79. The smallest absolute Gasteiger partial charge is 0.243 e. The van der Waals surface area contributed by atoms with Gasteiger partial charge < -0.3 is 14.8 Å². The van der Waals surface area contributed by atoms with Gasteiger partial charge in [-0.3, -0.25) is 9.59 Å². The van der Waals surface area contributed by atoms with Gasteiger partial charge in [0, 0.05) is 25.8 Å². The van der Waals surface area contributed by atoms with Crippen LogP contribution in [0.15, 0.2) is 84.0 Å². The highest BCUT2D eigenvalue weighted by Gasteiger charge is 2.21. The Labute approximate surface area is 205 Å². The van der Waals surface area contributed by atoms with Crippen molar-refractivity contribution in [1.29, 1.82) is 0 Å². The lowest BCUT2D eigenvalue weighted by Crippen LogP contribution is -2.27. The van der Waals surface area contributed by atoms with E-state index in [1.807, 2.05) is 78.9 Å². The number of amides is 2. The van der Waals surface area contributed by atoms with Gasteiger partial charge in [0.15, 0.2) is 11.5 Å². The van der Waals surface area contributed by atoms with Crippen LogP contribution in [0, 0.1) is 0 Å². The van der Waals surface area contributed by atoms with Gasteiger partial charge in [0.2, 0.25) is 11.8 Å². The molecule has 0 fully saturated rings. The van der Waals surface area contributed by atoms with E-state index in [9.17, 15) is 9.59 Å². The number of benzene rings is 3. The summed E-state index contributed by atoms with van der Waals surface area (Å²) in [5.74, 6) is 0.905. The topological polar surface area (TPSA) is 80.2 Å². The van der Waals surface area contributed by atoms with Gasteiger partial charge in [0.05, 0.1) is 19.4 Å². The van der Waals surface area contributed by atoms with Gasteiger partial charge >= 0.3 is 0 Å². The molecule has 1 N–H and O–H groups in total. The zero-order chi connectivity index (χ0) is 24.5. The van der Waals surface area contributed by atoms with Crippen molar-refractivity contribution < 1.29 is 19.1 Å². The number of methoxy groups -OCH3 is 1. The van der Waals surface area contributed by atoms with Crippen molar-refractivity contribution in [2.24, 2.45) is 5.10 Å². The van der Waals surface area contributed by atoms with Gasteiger partial charge in [0.1, 0.15) is 6.61 Å². The van der Waals surface area contributed by atoms with E-state index in [1.54, 1.807) is 7.11 Å². The lowest BCUT2D eigenvalue weighted by Gasteiger charge is -2.13. The minimum atomic E-state index is -0.187. The number of hydrogen-bond acceptors (Lipinski definition) is 5. The van der Waals surface area contributed by atoms with E-state index < -0.39 is 0 Å². The van der Waals surface area contributed by atoms with Gasteiger partial charge in [-0.05, 0) is 28.8 Å². The molecule has 180 valence electrons. The summed E-state index contributed by atoms with van der Waals surface area (Å²) in [4.78, 5) is 24.8. The molecule has 0 saturated heterocycles. The molecule has 0 radical (unpaired) electrons. The molecule has 3 aromatic rings. The third-order valence-electron chi connectivity index (χ3n) is 5.72. The predicted octanol–water partition coefficient (Wildman–Crippen LogP) is 4.31. The second kappa shape index (κ2) is 11.8. The largest absolute Gasteiger partial charge is 0.493 e. The van der Waals surface area contributed by atoms with E-state index in [1.165, 1.54) is 5.01 Å². The maximum absolute atomic E-state index is 12.5. The molecule has 0 bridgehead atoms. The van der Waals surface area contributed by atoms with Gasteiger partial charge in [0.25, 0.3) is 0 Å². The molecule has 0 atom stereocenters. The summed E-state index contributed by atoms with van der Waals surface area (Å²) in [5.41, 5.74) is 3.86. The van der Waals surface area contributed by atoms with Crippen LogP contribution in [0.5, 0.6) is 11.5 Å². The Balaban J connectivity index is 1.23. The molecule has 0 aliphatic carbocycles. The molecular weight excluding hydrogens is 442 g/mol. The van der Waals surface area contributed by atoms with Crippen LogP contribution in [-0.2, 0) is 22.7 Å². The third kappa shape index (κ3) is 6.69. The van der Waals surface area contributed by atoms with E-state index in [0.29, 0.717) is 31.2 Å². The lowest BCUT2D eigenvalue weighted by atomic mass is 10.1. The highest BCUT2D eigenvalue weighted by molar-refractivity contribution is 6.02. The first kappa shape index (κ1) is 24.0. The van der Waals surface area contributed by atoms with Crippen LogP contribution in [-0.4, -0.2) is 36.2 Å². The van der Waals surface area contributed by atoms with Crippen molar-refractivity contribution in [2.45, 2.75) is 32.4 Å². The summed E-state index contributed by atoms with van der Waals surface area (Å²) < 4.78 is 11.3. The van der Waals surface area contributed by atoms with Crippen molar-refractivity contribution in [3.8, 4) is 11.5 Å². The summed E-state index contributed by atoms with van der Waals surface area (Å²) in [7, 11) is 1.59. The van der Waals surface area contributed by atoms with E-state index in [0.717, 1.165) is 28.8 Å². The average molecular weight is 472 g/mol. The number of ether oxygens (including phenoxy) is 2. The number of carbonyl (C=O) groups excluding carboxylic acids is 2. The standard InChI is InChI=1S/C28H29N3O4/c1-34-26-18-22(12-13-25(26)35-20-21-8-4-2-5-9-21)19-29-27(32)14-15-28(33)31-17-16-24(30-31)23-10-6-3-7-11-23/h2-13,18H,14-17,19-20H2,1H3,(H,29,32). The van der Waals surface area contributed by atoms with E-state index in [2.05, 4.69) is 10.4 Å². The Morgan fingerprint density at radius 3 is 2.40 bits per heavy atom. The molecule has 2 amide bonds. The Kier molecular flexibility index (Phi) is 8.12. The fraction of sp³-hybridized carbons (Fsp3) is 0.250. The molecule has 3 aromatic carbocycles. The fourth-order valence-corrected chi connectivity index (χ4v) is 3.79. The summed E-state index contributed by atoms with van der Waals surface area (Å²) in [6, 6.07) is 25.3. The van der Waals surface area contributed by atoms with Crippen molar-refractivity contribution >= 4 is 17.5 Å². The number of nitrogens with one attached hydrogen (secondary N) is 1. The number of hydrogen-bond donors (Lipinski definition) is 1. The molecular formula is C28H29N3O4. The highest BCUT2D eigenvalue weighted by Crippen LogP contribution is 2.29. The normalized spacial score (nSPS) is 12.7. The summed E-state index contributed by atoms with van der Waals surface area (Å²) >= 11 is 0. The van der Waals surface area contributed by atoms with Crippen molar-refractivity contribution in [2.75, 3.05) is 13.7 Å². The van der Waals surface area contributed by atoms with Crippen LogP contribution in [0.4, 0.5) is 0 Å². The predicted molar refractivity (Wildman–Crippen MR) is 134 cm³/mol. The van der Waals surface area contributed by atoms with Crippen LogP contribution < -0.4 is 14.8 Å². The van der Waals surface area contributed by atoms with E-state index in [4.69, 9.17) is 9.47 Å². The molecule has 1 heterocycles. The Morgan fingerprint density at radius 2 is 1.66 bits per heavy atom. The molecule has 0 saturated carbocycles. The van der Waals surface area contributed by atoms with Gasteiger partial charge in [-0.2, -0.15) is 5.10 Å². The number of hydrazone groups is 1. The first-order chi connectivity index (χ1) is 17.1. The van der Waals surface area contributed by atoms with Crippen LogP contribution in [0.25, 0.3) is 0 Å². The molecule has 0 spiro atoms. The first-order valence-electron chi connectivity index (χ1n) is 11.7. The van der Waals surface area contributed by atoms with Crippen LogP contribution in [0.3, 0.4) is 0 Å². The van der Waals surface area contributed by atoms with E-state index in [-0.39, 0.29) is 24.7 Å². The SMILES string of the molecule is COc1cc(CNC(=O)CCC(=O)N2CCC(c3ccccc3)=N2)ccc1OCc1ccccc1. The second-order valence-corrected chi connectivity index (χ2v) is 8.22. The molecule has 1 aliphatic heterocycles. The van der Waals surface area contributed by atoms with Gasteiger partial charge in [-0.25, -0.2) is 5.01 Å². The second-order valence-electron chi connectivity index (χ2n) is 8.22. The molecule has 7 heteroatoms. The van der Waals surface area contributed by atoms with Crippen LogP contribution >= 0.6 is 0 Å². The Hall–Kier alpha value is -4.13. The molecule has 7 nitrogen and oxygen atoms in total. The minimum absolute atomic E-state index is 0.112. The Bertz CT molecular complexity index is 1180. The number of rotatable bonds is 10. The summed E-state index contributed by atoms with van der Waals surface area (Å²) in [5, 5.41) is 8.77.